The average Bonchev–Trinajstić information content (AvgIpc) is 3.16. The number of para-hydroxylation sites is 2. The summed E-state index contributed by atoms with van der Waals surface area (Å²) < 4.78 is 2.03. The summed E-state index contributed by atoms with van der Waals surface area (Å²) in [6.07, 6.45) is 1.93. The molecule has 2 aromatic heterocycles. The Morgan fingerprint density at radius 3 is 2.50 bits per heavy atom. The van der Waals surface area contributed by atoms with Gasteiger partial charge in [0.25, 0.3) is 0 Å². The van der Waals surface area contributed by atoms with Crippen molar-refractivity contribution in [2.24, 2.45) is 0 Å². The minimum atomic E-state index is 1.08. The maximum atomic E-state index is 4.60. The lowest BCUT2D eigenvalue weighted by atomic mass is 10.1. The van der Waals surface area contributed by atoms with Crippen LogP contribution < -0.4 is 0 Å². The van der Waals surface area contributed by atoms with Crippen LogP contribution in [0.25, 0.3) is 38.4 Å². The molecule has 5 aromatic rings. The summed E-state index contributed by atoms with van der Waals surface area (Å²) in [6.45, 7) is 0. The van der Waals surface area contributed by atoms with Crippen molar-refractivity contribution in [2.45, 2.75) is 0 Å². The topological polar surface area (TPSA) is 33.6 Å². The summed E-state index contributed by atoms with van der Waals surface area (Å²) in [6, 6.07) is 22.9. The van der Waals surface area contributed by atoms with Gasteiger partial charge in [-0.05, 0) is 30.3 Å². The second kappa shape index (κ2) is 4.21. The number of aromatic amines is 1. The summed E-state index contributed by atoms with van der Waals surface area (Å²) in [5, 5.41) is 8.23. The molecule has 0 saturated heterocycles. The van der Waals surface area contributed by atoms with Gasteiger partial charge in [-0.15, -0.1) is 0 Å². The van der Waals surface area contributed by atoms with Crippen LogP contribution in [-0.2, 0) is 0 Å². The zero-order valence-electron chi connectivity index (χ0n) is 11.8. The molecule has 0 unspecified atom stereocenters. The summed E-state index contributed by atoms with van der Waals surface area (Å²) in [5.74, 6) is 0. The van der Waals surface area contributed by atoms with Gasteiger partial charge >= 0.3 is 0 Å². The Morgan fingerprint density at radius 2 is 1.59 bits per heavy atom. The molecule has 3 nitrogen and oxygen atoms in total. The predicted molar refractivity (Wildman–Crippen MR) is 90.4 cm³/mol. The lowest BCUT2D eigenvalue weighted by Crippen LogP contribution is -1.95. The Bertz CT molecular complexity index is 1120. The van der Waals surface area contributed by atoms with E-state index >= 15 is 0 Å². The van der Waals surface area contributed by atoms with Crippen LogP contribution in [0, 0.1) is 0 Å². The third-order valence-corrected chi connectivity index (χ3v) is 4.20. The molecular formula is C19H13N3. The number of benzene rings is 3. The highest BCUT2D eigenvalue weighted by Gasteiger charge is 2.13. The molecule has 2 heterocycles. The normalized spacial score (nSPS) is 11.6. The quantitative estimate of drug-likeness (QED) is 0.477. The van der Waals surface area contributed by atoms with Crippen molar-refractivity contribution in [1.82, 2.24) is 14.8 Å². The molecule has 0 aliphatic carbocycles. The first-order valence-corrected chi connectivity index (χ1v) is 7.34. The van der Waals surface area contributed by atoms with Crippen LogP contribution in [0.5, 0.6) is 0 Å². The van der Waals surface area contributed by atoms with Crippen molar-refractivity contribution in [1.29, 1.82) is 0 Å². The van der Waals surface area contributed by atoms with Gasteiger partial charge in [0, 0.05) is 27.2 Å². The van der Waals surface area contributed by atoms with Crippen molar-refractivity contribution in [3.05, 3.63) is 72.9 Å². The lowest BCUT2D eigenvalue weighted by Gasteiger charge is -2.04. The molecule has 0 spiro atoms. The minimum absolute atomic E-state index is 1.08. The zero-order chi connectivity index (χ0) is 14.5. The molecule has 3 aromatic carbocycles. The maximum absolute atomic E-state index is 4.60. The third kappa shape index (κ3) is 1.48. The Kier molecular flexibility index (Phi) is 2.22. The van der Waals surface area contributed by atoms with E-state index in [4.69, 9.17) is 0 Å². The van der Waals surface area contributed by atoms with Gasteiger partial charge in [0.2, 0.25) is 0 Å². The van der Waals surface area contributed by atoms with Gasteiger partial charge in [-0.1, -0.05) is 36.4 Å². The van der Waals surface area contributed by atoms with Gasteiger partial charge in [0.1, 0.15) is 0 Å². The third-order valence-electron chi connectivity index (χ3n) is 4.20. The number of hydrogen-bond donors (Lipinski definition) is 1. The molecule has 0 atom stereocenters. The van der Waals surface area contributed by atoms with Crippen molar-refractivity contribution in [2.75, 3.05) is 0 Å². The van der Waals surface area contributed by atoms with Crippen LogP contribution in [-0.4, -0.2) is 14.8 Å². The molecule has 22 heavy (non-hydrogen) atoms. The van der Waals surface area contributed by atoms with Crippen molar-refractivity contribution in [3.63, 3.8) is 0 Å². The molecule has 104 valence electrons. The van der Waals surface area contributed by atoms with E-state index in [1.165, 1.54) is 10.8 Å². The van der Waals surface area contributed by atoms with Crippen LogP contribution in [0.15, 0.2) is 72.9 Å². The molecule has 0 amide bonds. The predicted octanol–water partition coefficient (Wildman–Crippen LogP) is 4.66. The molecule has 3 heteroatoms. The molecule has 1 N–H and O–H groups in total. The first-order valence-electron chi connectivity index (χ1n) is 7.34. The summed E-state index contributed by atoms with van der Waals surface area (Å²) in [4.78, 5) is 3.50. The number of nitrogens with one attached hydrogen (secondary N) is 1. The second-order valence-corrected chi connectivity index (χ2v) is 5.49. The van der Waals surface area contributed by atoms with Gasteiger partial charge in [0.05, 0.1) is 17.4 Å². The molecule has 0 radical (unpaired) electrons. The number of H-pyrrole nitrogens is 1. The first-order chi connectivity index (χ1) is 10.9. The van der Waals surface area contributed by atoms with Gasteiger partial charge < -0.3 is 4.98 Å². The highest BCUT2D eigenvalue weighted by atomic mass is 15.3. The van der Waals surface area contributed by atoms with E-state index in [0.717, 1.165) is 27.6 Å². The minimum Gasteiger partial charge on any atom is -0.354 e. The smallest absolute Gasteiger partial charge is 0.0841 e. The SMILES string of the molecule is c1ccc(-n2ncc3ccc4[nH]c5ccccc5c4c32)cc1. The van der Waals surface area contributed by atoms with Crippen molar-refractivity contribution in [3.8, 4) is 5.69 Å². The summed E-state index contributed by atoms with van der Waals surface area (Å²) >= 11 is 0. The van der Waals surface area contributed by atoms with Crippen molar-refractivity contribution >= 4 is 32.7 Å². The van der Waals surface area contributed by atoms with E-state index in [1.807, 2.05) is 29.1 Å². The molecule has 0 aliphatic rings. The van der Waals surface area contributed by atoms with Gasteiger partial charge in [-0.25, -0.2) is 4.68 Å². The van der Waals surface area contributed by atoms with E-state index in [-0.39, 0.29) is 0 Å². The van der Waals surface area contributed by atoms with E-state index in [1.54, 1.807) is 0 Å². The Hall–Kier alpha value is -3.07. The fourth-order valence-corrected chi connectivity index (χ4v) is 3.21. The largest absolute Gasteiger partial charge is 0.354 e. The number of aromatic nitrogens is 3. The van der Waals surface area contributed by atoms with Crippen LogP contribution in [0.4, 0.5) is 0 Å². The average molecular weight is 283 g/mol. The van der Waals surface area contributed by atoms with E-state index in [2.05, 4.69) is 58.6 Å². The standard InChI is InChI=1S/C19H13N3/c1-2-6-14(7-3-1)22-19-13(12-20-22)10-11-17-18(19)15-8-4-5-9-16(15)21-17/h1-12,21H. The van der Waals surface area contributed by atoms with E-state index < -0.39 is 0 Å². The highest BCUT2D eigenvalue weighted by molar-refractivity contribution is 6.19. The van der Waals surface area contributed by atoms with E-state index in [9.17, 15) is 0 Å². The summed E-state index contributed by atoms with van der Waals surface area (Å²) in [5.41, 5.74) is 4.54. The zero-order valence-corrected chi connectivity index (χ0v) is 11.8. The highest BCUT2D eigenvalue weighted by Crippen LogP contribution is 2.33. The van der Waals surface area contributed by atoms with Crippen LogP contribution in [0.1, 0.15) is 0 Å². The number of hydrogen-bond acceptors (Lipinski definition) is 1. The molecule has 0 bridgehead atoms. The van der Waals surface area contributed by atoms with Gasteiger partial charge in [-0.3, -0.25) is 0 Å². The van der Waals surface area contributed by atoms with Gasteiger partial charge in [0.15, 0.2) is 0 Å². The fourth-order valence-electron chi connectivity index (χ4n) is 3.21. The van der Waals surface area contributed by atoms with Crippen LogP contribution >= 0.6 is 0 Å². The lowest BCUT2D eigenvalue weighted by molar-refractivity contribution is 0.914. The summed E-state index contributed by atoms with van der Waals surface area (Å²) in [7, 11) is 0. The molecule has 0 fully saturated rings. The number of nitrogens with zero attached hydrogens (tertiary/aromatic N) is 2. The van der Waals surface area contributed by atoms with Crippen LogP contribution in [0.3, 0.4) is 0 Å². The Morgan fingerprint density at radius 1 is 0.773 bits per heavy atom. The van der Waals surface area contributed by atoms with Gasteiger partial charge in [-0.2, -0.15) is 5.10 Å². The molecule has 0 aliphatic heterocycles. The van der Waals surface area contributed by atoms with E-state index in [0.29, 0.717) is 0 Å². The molecular weight excluding hydrogens is 270 g/mol. The maximum Gasteiger partial charge on any atom is 0.0841 e. The second-order valence-electron chi connectivity index (χ2n) is 5.49. The van der Waals surface area contributed by atoms with Crippen molar-refractivity contribution < 1.29 is 0 Å². The van der Waals surface area contributed by atoms with Crippen LogP contribution in [0.2, 0.25) is 0 Å². The monoisotopic (exact) mass is 283 g/mol. The number of fused-ring (bicyclic) bond motifs is 5. The number of rotatable bonds is 1. The first kappa shape index (κ1) is 11.6. The Balaban J connectivity index is 2.01. The fraction of sp³-hybridized carbons (Fsp3) is 0. The Labute approximate surface area is 126 Å². The molecule has 0 saturated carbocycles. The molecule has 5 rings (SSSR count).